The second-order valence-corrected chi connectivity index (χ2v) is 9.47. The zero-order valence-electron chi connectivity index (χ0n) is 19.1. The minimum absolute atomic E-state index is 0.307. The van der Waals surface area contributed by atoms with Gasteiger partial charge in [-0.1, -0.05) is 42.1 Å². The highest BCUT2D eigenvalue weighted by Gasteiger charge is 2.18. The molecule has 10 heteroatoms. The molecule has 0 aliphatic carbocycles. The molecular weight excluding hydrogens is 497 g/mol. The number of rotatable bonds is 8. The summed E-state index contributed by atoms with van der Waals surface area (Å²) < 4.78 is 20.5. The molecule has 2 heterocycles. The number of anilines is 1. The summed E-state index contributed by atoms with van der Waals surface area (Å²) in [5.41, 5.74) is 2.63. The van der Waals surface area contributed by atoms with E-state index in [0.717, 1.165) is 22.0 Å². The Labute approximate surface area is 215 Å². The molecule has 180 valence electrons. The molecule has 5 rings (SSSR count). The first-order valence-corrected chi connectivity index (χ1v) is 12.8. The Kier molecular flexibility index (Phi) is 7.06. The Bertz CT molecular complexity index is 1490. The van der Waals surface area contributed by atoms with Crippen molar-refractivity contribution in [2.75, 3.05) is 12.4 Å². The van der Waals surface area contributed by atoms with Crippen LogP contribution in [0.4, 0.5) is 10.1 Å². The highest BCUT2D eigenvalue weighted by Crippen LogP contribution is 2.31. The number of amides is 1. The molecule has 5 aromatic rings. The second-order valence-electron chi connectivity index (χ2n) is 7.59. The van der Waals surface area contributed by atoms with Crippen LogP contribution in [0.5, 0.6) is 5.75 Å². The van der Waals surface area contributed by atoms with Crippen molar-refractivity contribution in [3.05, 3.63) is 101 Å². The third-order valence-electron chi connectivity index (χ3n) is 5.19. The number of ether oxygens (including phenoxy) is 1. The number of benzene rings is 3. The maximum Gasteiger partial charge on any atom is 0.275 e. The average Bonchev–Trinajstić information content (AvgIpc) is 3.57. The normalized spacial score (nSPS) is 10.8. The topological polar surface area (TPSA) is 81.9 Å². The van der Waals surface area contributed by atoms with Gasteiger partial charge in [0.25, 0.3) is 5.91 Å². The van der Waals surface area contributed by atoms with Gasteiger partial charge in [-0.3, -0.25) is 9.36 Å². The predicted octanol–water partition coefficient (Wildman–Crippen LogP) is 6.08. The Morgan fingerprint density at radius 3 is 2.64 bits per heavy atom. The summed E-state index contributed by atoms with van der Waals surface area (Å²) in [6.07, 6.45) is 0. The van der Waals surface area contributed by atoms with Gasteiger partial charge in [0.05, 0.1) is 12.9 Å². The zero-order chi connectivity index (χ0) is 24.9. The van der Waals surface area contributed by atoms with Crippen molar-refractivity contribution in [2.45, 2.75) is 10.9 Å². The molecule has 0 unspecified atom stereocenters. The summed E-state index contributed by atoms with van der Waals surface area (Å²) in [4.78, 5) is 17.0. The van der Waals surface area contributed by atoms with Gasteiger partial charge in [0, 0.05) is 22.3 Å². The molecule has 0 aliphatic rings. The van der Waals surface area contributed by atoms with Crippen molar-refractivity contribution in [3.63, 3.8) is 0 Å². The first-order valence-electron chi connectivity index (χ1n) is 10.9. The number of nitrogens with zero attached hydrogens (tertiary/aromatic N) is 4. The molecule has 0 atom stereocenters. The smallest absolute Gasteiger partial charge is 0.275 e. The molecule has 0 aliphatic heterocycles. The van der Waals surface area contributed by atoms with E-state index in [1.165, 1.54) is 47.4 Å². The zero-order valence-corrected chi connectivity index (χ0v) is 20.7. The molecule has 36 heavy (non-hydrogen) atoms. The van der Waals surface area contributed by atoms with Gasteiger partial charge in [0.15, 0.2) is 11.0 Å². The van der Waals surface area contributed by atoms with Crippen molar-refractivity contribution < 1.29 is 13.9 Å². The molecule has 0 radical (unpaired) electrons. The largest absolute Gasteiger partial charge is 0.497 e. The van der Waals surface area contributed by atoms with Crippen molar-refractivity contribution >= 4 is 34.7 Å². The fourth-order valence-corrected chi connectivity index (χ4v) is 5.20. The Morgan fingerprint density at radius 2 is 1.86 bits per heavy atom. The summed E-state index contributed by atoms with van der Waals surface area (Å²) in [6.45, 7) is 0. The van der Waals surface area contributed by atoms with E-state index in [4.69, 9.17) is 4.74 Å². The molecule has 0 fully saturated rings. The highest BCUT2D eigenvalue weighted by atomic mass is 32.2. The summed E-state index contributed by atoms with van der Waals surface area (Å²) in [5.74, 6) is 1.23. The second kappa shape index (κ2) is 10.7. The number of carbonyl (C=O) groups is 1. The fourth-order valence-electron chi connectivity index (χ4n) is 3.46. The van der Waals surface area contributed by atoms with Gasteiger partial charge in [0.1, 0.15) is 22.3 Å². The number of thioether (sulfide) groups is 1. The number of hydrogen-bond donors (Lipinski definition) is 1. The maximum atomic E-state index is 13.1. The Morgan fingerprint density at radius 1 is 1.06 bits per heavy atom. The lowest BCUT2D eigenvalue weighted by atomic mass is 10.2. The average molecular weight is 518 g/mol. The van der Waals surface area contributed by atoms with E-state index < -0.39 is 0 Å². The van der Waals surface area contributed by atoms with Gasteiger partial charge in [-0.15, -0.1) is 21.5 Å². The summed E-state index contributed by atoms with van der Waals surface area (Å²) in [7, 11) is 1.63. The molecule has 0 saturated carbocycles. The van der Waals surface area contributed by atoms with E-state index in [0.29, 0.717) is 28.1 Å². The number of aromatic nitrogens is 4. The lowest BCUT2D eigenvalue weighted by Crippen LogP contribution is -2.12. The molecule has 7 nitrogen and oxygen atoms in total. The molecular formula is C26H20FN5O2S2. The lowest BCUT2D eigenvalue weighted by Gasteiger charge is -2.10. The van der Waals surface area contributed by atoms with Gasteiger partial charge in [-0.05, 0) is 48.5 Å². The third kappa shape index (κ3) is 5.29. The Balaban J connectivity index is 1.36. The number of hydrogen-bond acceptors (Lipinski definition) is 7. The van der Waals surface area contributed by atoms with E-state index in [2.05, 4.69) is 20.5 Å². The summed E-state index contributed by atoms with van der Waals surface area (Å²) in [6, 6.07) is 23.2. The summed E-state index contributed by atoms with van der Waals surface area (Å²) in [5, 5.41) is 14.8. The molecule has 0 saturated heterocycles. The van der Waals surface area contributed by atoms with Gasteiger partial charge in [0.2, 0.25) is 0 Å². The molecule has 0 bridgehead atoms. The number of para-hydroxylation sites is 1. The highest BCUT2D eigenvalue weighted by molar-refractivity contribution is 7.98. The van der Waals surface area contributed by atoms with Crippen LogP contribution in [-0.4, -0.2) is 32.8 Å². The van der Waals surface area contributed by atoms with Crippen molar-refractivity contribution in [3.8, 4) is 22.8 Å². The van der Waals surface area contributed by atoms with Crippen molar-refractivity contribution in [1.29, 1.82) is 0 Å². The molecule has 1 N–H and O–H groups in total. The van der Waals surface area contributed by atoms with Crippen LogP contribution in [0.2, 0.25) is 0 Å². The standard InChI is InChI=1S/C26H20FN5O2S2/c1-34-21-9-5-6-17(14-21)24-30-31-26(32(24)20-7-3-2-4-8-20)36-16-23-29-22(15-35-23)25(33)28-19-12-10-18(27)11-13-19/h2-15H,16H2,1H3,(H,28,33). The minimum Gasteiger partial charge on any atom is -0.497 e. The predicted molar refractivity (Wildman–Crippen MR) is 139 cm³/mol. The number of carbonyl (C=O) groups excluding carboxylic acids is 1. The molecule has 2 aromatic heterocycles. The minimum atomic E-state index is -0.362. The van der Waals surface area contributed by atoms with Crippen LogP contribution in [-0.2, 0) is 5.75 Å². The summed E-state index contributed by atoms with van der Waals surface area (Å²) >= 11 is 2.88. The van der Waals surface area contributed by atoms with Gasteiger partial charge in [-0.25, -0.2) is 9.37 Å². The van der Waals surface area contributed by atoms with Gasteiger partial charge < -0.3 is 10.1 Å². The van der Waals surface area contributed by atoms with E-state index >= 15 is 0 Å². The SMILES string of the molecule is COc1cccc(-c2nnc(SCc3nc(C(=O)Nc4ccc(F)cc4)cs3)n2-c2ccccc2)c1. The molecule has 0 spiro atoms. The van der Waals surface area contributed by atoms with Crippen LogP contribution in [0.3, 0.4) is 0 Å². The van der Waals surface area contributed by atoms with Gasteiger partial charge >= 0.3 is 0 Å². The van der Waals surface area contributed by atoms with E-state index in [1.54, 1.807) is 12.5 Å². The van der Waals surface area contributed by atoms with Crippen LogP contribution >= 0.6 is 23.1 Å². The fraction of sp³-hybridized carbons (Fsp3) is 0.0769. The quantitative estimate of drug-likeness (QED) is 0.251. The van der Waals surface area contributed by atoms with Gasteiger partial charge in [-0.2, -0.15) is 0 Å². The van der Waals surface area contributed by atoms with Crippen LogP contribution < -0.4 is 10.1 Å². The van der Waals surface area contributed by atoms with Crippen LogP contribution in [0.1, 0.15) is 15.5 Å². The molecule has 1 amide bonds. The van der Waals surface area contributed by atoms with Crippen molar-refractivity contribution in [2.24, 2.45) is 0 Å². The lowest BCUT2D eigenvalue weighted by molar-refractivity contribution is 0.102. The van der Waals surface area contributed by atoms with Crippen LogP contribution in [0.25, 0.3) is 17.1 Å². The van der Waals surface area contributed by atoms with Crippen LogP contribution in [0, 0.1) is 5.82 Å². The first kappa shape index (κ1) is 23.7. The number of nitrogens with one attached hydrogen (secondary N) is 1. The monoisotopic (exact) mass is 517 g/mol. The maximum absolute atomic E-state index is 13.1. The van der Waals surface area contributed by atoms with Crippen LogP contribution in [0.15, 0.2) is 89.4 Å². The van der Waals surface area contributed by atoms with Crippen molar-refractivity contribution in [1.82, 2.24) is 19.7 Å². The number of methoxy groups -OCH3 is 1. The first-order chi connectivity index (χ1) is 17.6. The van der Waals surface area contributed by atoms with E-state index in [9.17, 15) is 9.18 Å². The molecule has 3 aromatic carbocycles. The van der Waals surface area contributed by atoms with E-state index in [-0.39, 0.29) is 11.7 Å². The third-order valence-corrected chi connectivity index (χ3v) is 7.16. The van der Waals surface area contributed by atoms with E-state index in [1.807, 2.05) is 59.2 Å². The Hall–Kier alpha value is -4.02. The number of halogens is 1. The number of thiazole rings is 1.